The predicted molar refractivity (Wildman–Crippen MR) is 81.5 cm³/mol. The number of hydrogen-bond acceptors (Lipinski definition) is 4. The van der Waals surface area contributed by atoms with Crippen LogP contribution in [0, 0.1) is 0 Å². The quantitative estimate of drug-likeness (QED) is 0.876. The Balaban J connectivity index is 2.21. The normalized spacial score (nSPS) is 10.2. The first kappa shape index (κ1) is 15.4. The molecule has 0 atom stereocenters. The molecule has 1 heterocycles. The van der Waals surface area contributed by atoms with Gasteiger partial charge < -0.3 is 15.2 Å². The third-order valence-electron chi connectivity index (χ3n) is 2.79. The molecule has 7 heteroatoms. The molecule has 0 saturated heterocycles. The summed E-state index contributed by atoms with van der Waals surface area (Å²) >= 11 is 11.9. The standard InChI is InChI=1S/C14H12Cl2N2O3/c1-21-11-4-2-3-9(15)8(11)7-17-12-6-5-10(16)13(18-12)14(19)20/h2-6H,7H2,1H3,(H,17,18)(H,19,20). The fraction of sp³-hybridized carbons (Fsp3) is 0.143. The highest BCUT2D eigenvalue weighted by Gasteiger charge is 2.12. The van der Waals surface area contributed by atoms with E-state index < -0.39 is 5.97 Å². The van der Waals surface area contributed by atoms with Crippen LogP contribution in [0.2, 0.25) is 10.0 Å². The van der Waals surface area contributed by atoms with Gasteiger partial charge in [0, 0.05) is 17.1 Å². The number of aromatic carboxylic acids is 1. The van der Waals surface area contributed by atoms with Crippen molar-refractivity contribution in [1.82, 2.24) is 4.98 Å². The van der Waals surface area contributed by atoms with Crippen molar-refractivity contribution in [3.63, 3.8) is 0 Å². The second-order valence-electron chi connectivity index (χ2n) is 4.11. The lowest BCUT2D eigenvalue weighted by molar-refractivity contribution is 0.0691. The van der Waals surface area contributed by atoms with Crippen molar-refractivity contribution >= 4 is 35.0 Å². The van der Waals surface area contributed by atoms with E-state index in [1.165, 1.54) is 6.07 Å². The van der Waals surface area contributed by atoms with Crippen LogP contribution in [0.5, 0.6) is 5.75 Å². The molecule has 0 aliphatic carbocycles. The molecule has 0 radical (unpaired) electrons. The Morgan fingerprint density at radius 3 is 2.71 bits per heavy atom. The Morgan fingerprint density at radius 1 is 1.29 bits per heavy atom. The topological polar surface area (TPSA) is 71.5 Å². The molecule has 2 N–H and O–H groups in total. The van der Waals surface area contributed by atoms with Crippen LogP contribution in [0.1, 0.15) is 16.1 Å². The molecular formula is C14H12Cl2N2O3. The van der Waals surface area contributed by atoms with Crippen molar-refractivity contribution in [3.8, 4) is 5.75 Å². The van der Waals surface area contributed by atoms with Crippen molar-refractivity contribution in [2.45, 2.75) is 6.54 Å². The van der Waals surface area contributed by atoms with Gasteiger partial charge in [0.05, 0.1) is 12.1 Å². The van der Waals surface area contributed by atoms with Crippen LogP contribution < -0.4 is 10.1 Å². The number of hydrogen-bond donors (Lipinski definition) is 2. The largest absolute Gasteiger partial charge is 0.496 e. The van der Waals surface area contributed by atoms with Crippen LogP contribution in [0.4, 0.5) is 5.82 Å². The number of aromatic nitrogens is 1. The highest BCUT2D eigenvalue weighted by atomic mass is 35.5. The van der Waals surface area contributed by atoms with E-state index in [9.17, 15) is 4.79 Å². The molecule has 0 amide bonds. The van der Waals surface area contributed by atoms with E-state index in [2.05, 4.69) is 10.3 Å². The second kappa shape index (κ2) is 6.65. The molecule has 1 aromatic carbocycles. The number of methoxy groups -OCH3 is 1. The minimum atomic E-state index is -1.18. The van der Waals surface area contributed by atoms with Crippen LogP contribution in [0.3, 0.4) is 0 Å². The number of benzene rings is 1. The lowest BCUT2D eigenvalue weighted by atomic mass is 10.2. The van der Waals surface area contributed by atoms with Crippen LogP contribution in [-0.4, -0.2) is 23.2 Å². The van der Waals surface area contributed by atoms with Crippen molar-refractivity contribution < 1.29 is 14.6 Å². The molecule has 0 spiro atoms. The number of pyridine rings is 1. The lowest BCUT2D eigenvalue weighted by Gasteiger charge is -2.12. The zero-order valence-electron chi connectivity index (χ0n) is 11.1. The molecule has 2 aromatic rings. The summed E-state index contributed by atoms with van der Waals surface area (Å²) in [4.78, 5) is 14.9. The molecule has 0 fully saturated rings. The van der Waals surface area contributed by atoms with Gasteiger partial charge in [-0.25, -0.2) is 9.78 Å². The number of carbonyl (C=O) groups is 1. The molecule has 0 unspecified atom stereocenters. The summed E-state index contributed by atoms with van der Waals surface area (Å²) in [5.41, 5.74) is 0.558. The molecule has 0 saturated carbocycles. The molecule has 0 bridgehead atoms. The minimum absolute atomic E-state index is 0.0865. The Morgan fingerprint density at radius 2 is 2.05 bits per heavy atom. The number of rotatable bonds is 5. The van der Waals surface area contributed by atoms with E-state index in [-0.39, 0.29) is 10.7 Å². The van der Waals surface area contributed by atoms with Gasteiger partial charge in [0.15, 0.2) is 5.69 Å². The van der Waals surface area contributed by atoms with Gasteiger partial charge in [0.1, 0.15) is 11.6 Å². The van der Waals surface area contributed by atoms with Gasteiger partial charge in [0.25, 0.3) is 0 Å². The number of nitrogens with one attached hydrogen (secondary N) is 1. The SMILES string of the molecule is COc1cccc(Cl)c1CNc1ccc(Cl)c(C(=O)O)n1. The van der Waals surface area contributed by atoms with E-state index in [1.54, 1.807) is 31.4 Å². The first-order chi connectivity index (χ1) is 10.0. The van der Waals surface area contributed by atoms with Gasteiger partial charge >= 0.3 is 5.97 Å². The first-order valence-electron chi connectivity index (χ1n) is 5.98. The number of carboxylic acid groups (broad SMARTS) is 1. The lowest BCUT2D eigenvalue weighted by Crippen LogP contribution is -2.07. The predicted octanol–water partition coefficient (Wildman–Crippen LogP) is 3.71. The van der Waals surface area contributed by atoms with E-state index in [1.807, 2.05) is 0 Å². The van der Waals surface area contributed by atoms with Crippen molar-refractivity contribution in [1.29, 1.82) is 0 Å². The van der Waals surface area contributed by atoms with E-state index >= 15 is 0 Å². The number of carboxylic acids is 1. The molecule has 110 valence electrons. The van der Waals surface area contributed by atoms with Gasteiger partial charge in [-0.1, -0.05) is 29.3 Å². The summed E-state index contributed by atoms with van der Waals surface area (Å²) in [6.07, 6.45) is 0. The van der Waals surface area contributed by atoms with E-state index in [4.69, 9.17) is 33.0 Å². The van der Waals surface area contributed by atoms with Gasteiger partial charge in [-0.15, -0.1) is 0 Å². The fourth-order valence-corrected chi connectivity index (χ4v) is 2.19. The Kier molecular flexibility index (Phi) is 4.88. The van der Waals surface area contributed by atoms with Gasteiger partial charge in [0.2, 0.25) is 0 Å². The summed E-state index contributed by atoms with van der Waals surface area (Å²) < 4.78 is 5.24. The number of ether oxygens (including phenoxy) is 1. The molecule has 2 rings (SSSR count). The third-order valence-corrected chi connectivity index (χ3v) is 3.45. The Bertz CT molecular complexity index is 677. The average molecular weight is 327 g/mol. The van der Waals surface area contributed by atoms with Crippen molar-refractivity contribution in [3.05, 3.63) is 51.6 Å². The maximum atomic E-state index is 11.0. The fourth-order valence-electron chi connectivity index (χ4n) is 1.77. The van der Waals surface area contributed by atoms with Gasteiger partial charge in [-0.3, -0.25) is 0 Å². The zero-order chi connectivity index (χ0) is 15.4. The Hall–Kier alpha value is -1.98. The highest BCUT2D eigenvalue weighted by Crippen LogP contribution is 2.27. The van der Waals surface area contributed by atoms with Crippen LogP contribution >= 0.6 is 23.2 Å². The summed E-state index contributed by atoms with van der Waals surface area (Å²) in [5, 5.41) is 12.6. The molecule has 0 aliphatic heterocycles. The zero-order valence-corrected chi connectivity index (χ0v) is 12.6. The minimum Gasteiger partial charge on any atom is -0.496 e. The molecule has 5 nitrogen and oxygen atoms in total. The van der Waals surface area contributed by atoms with Crippen LogP contribution in [-0.2, 0) is 6.54 Å². The van der Waals surface area contributed by atoms with Gasteiger partial charge in [-0.2, -0.15) is 0 Å². The number of nitrogens with zero attached hydrogens (tertiary/aromatic N) is 1. The van der Waals surface area contributed by atoms with Crippen molar-refractivity contribution in [2.24, 2.45) is 0 Å². The summed E-state index contributed by atoms with van der Waals surface area (Å²) in [6, 6.07) is 8.40. The summed E-state index contributed by atoms with van der Waals surface area (Å²) in [5.74, 6) is -0.153. The van der Waals surface area contributed by atoms with Gasteiger partial charge in [-0.05, 0) is 24.3 Å². The summed E-state index contributed by atoms with van der Waals surface area (Å²) in [6.45, 7) is 0.344. The number of anilines is 1. The smallest absolute Gasteiger partial charge is 0.356 e. The molecular weight excluding hydrogens is 315 g/mol. The maximum Gasteiger partial charge on any atom is 0.356 e. The average Bonchev–Trinajstić information content (AvgIpc) is 2.46. The molecule has 1 aromatic heterocycles. The molecule has 0 aliphatic rings. The maximum absolute atomic E-state index is 11.0. The highest BCUT2D eigenvalue weighted by molar-refractivity contribution is 6.33. The van der Waals surface area contributed by atoms with E-state index in [0.29, 0.717) is 23.1 Å². The number of halogens is 2. The van der Waals surface area contributed by atoms with Crippen molar-refractivity contribution in [2.75, 3.05) is 12.4 Å². The second-order valence-corrected chi connectivity index (χ2v) is 4.92. The first-order valence-corrected chi connectivity index (χ1v) is 6.73. The van der Waals surface area contributed by atoms with Crippen LogP contribution in [0.15, 0.2) is 30.3 Å². The molecule has 21 heavy (non-hydrogen) atoms. The Labute approximate surface area is 131 Å². The summed E-state index contributed by atoms with van der Waals surface area (Å²) in [7, 11) is 1.55. The third kappa shape index (κ3) is 3.56. The monoisotopic (exact) mass is 326 g/mol. The van der Waals surface area contributed by atoms with Crippen LogP contribution in [0.25, 0.3) is 0 Å². The van der Waals surface area contributed by atoms with E-state index in [0.717, 1.165) is 5.56 Å².